The van der Waals surface area contributed by atoms with E-state index in [1.165, 1.54) is 48.1 Å². The maximum Gasteiger partial charge on any atom is 0.238 e. The van der Waals surface area contributed by atoms with Gasteiger partial charge in [0, 0.05) is 53.0 Å². The number of thiophene rings is 1. The first-order valence-electron chi connectivity index (χ1n) is 17.7. The molecule has 0 fully saturated rings. The Morgan fingerprint density at radius 1 is 0.472 bits per heavy atom. The van der Waals surface area contributed by atoms with Crippen molar-refractivity contribution in [1.29, 1.82) is 0 Å². The van der Waals surface area contributed by atoms with Crippen molar-refractivity contribution >= 4 is 92.3 Å². The lowest BCUT2D eigenvalue weighted by molar-refractivity contribution is 0.669. The molecule has 0 saturated heterocycles. The summed E-state index contributed by atoms with van der Waals surface area (Å²) in [5.41, 5.74) is 7.95. The largest absolute Gasteiger partial charge is 0.456 e. The summed E-state index contributed by atoms with van der Waals surface area (Å²) in [6.07, 6.45) is 0. The minimum Gasteiger partial charge on any atom is -0.456 e. The molecule has 0 radical (unpaired) electrons. The van der Waals surface area contributed by atoms with Gasteiger partial charge in [0.05, 0.1) is 11.4 Å². The Hall–Kier alpha value is -6.89. The van der Waals surface area contributed by atoms with Gasteiger partial charge in [-0.25, -0.2) is 4.98 Å². The number of anilines is 3. The third-order valence-electron chi connectivity index (χ3n) is 10.6. The maximum atomic E-state index is 6.35. The average molecular weight is 695 g/mol. The van der Waals surface area contributed by atoms with E-state index in [9.17, 15) is 0 Å². The lowest BCUT2D eigenvalue weighted by Gasteiger charge is -2.32. The summed E-state index contributed by atoms with van der Waals surface area (Å²) in [6, 6.07) is 55.5. The Morgan fingerprint density at radius 2 is 1.19 bits per heavy atom. The molecule has 246 valence electrons. The van der Waals surface area contributed by atoms with Crippen LogP contribution < -0.4 is 4.90 Å². The topological polar surface area (TPSA) is 55.1 Å². The molecule has 0 aliphatic carbocycles. The molecule has 0 N–H and O–H groups in total. The van der Waals surface area contributed by atoms with Crippen LogP contribution in [0.5, 0.6) is 0 Å². The van der Waals surface area contributed by atoms with Crippen LogP contribution in [0.1, 0.15) is 0 Å². The fourth-order valence-corrected chi connectivity index (χ4v) is 9.50. The molecule has 12 rings (SSSR count). The van der Waals surface area contributed by atoms with Gasteiger partial charge in [-0.3, -0.25) is 4.90 Å². The third kappa shape index (κ3) is 4.15. The number of para-hydroxylation sites is 1. The molecule has 4 heterocycles. The highest BCUT2D eigenvalue weighted by atomic mass is 32.1. The summed E-state index contributed by atoms with van der Waals surface area (Å²) >= 11 is 1.78. The van der Waals surface area contributed by atoms with Crippen LogP contribution in [-0.4, -0.2) is 15.0 Å². The van der Waals surface area contributed by atoms with Crippen LogP contribution in [0.15, 0.2) is 162 Å². The van der Waals surface area contributed by atoms with E-state index >= 15 is 0 Å². The normalized spacial score (nSPS) is 12.5. The Balaban J connectivity index is 1.17. The first kappa shape index (κ1) is 28.8. The number of benzene rings is 8. The van der Waals surface area contributed by atoms with Gasteiger partial charge in [0.2, 0.25) is 5.95 Å². The molecular weight excluding hydrogens is 669 g/mol. The molecular formula is C47H26N4OS. The number of nitrogens with zero attached hydrogens (tertiary/aromatic N) is 4. The highest BCUT2D eigenvalue weighted by molar-refractivity contribution is 7.26. The molecule has 0 unspecified atom stereocenters. The number of hydrogen-bond acceptors (Lipinski definition) is 6. The van der Waals surface area contributed by atoms with Gasteiger partial charge in [-0.1, -0.05) is 115 Å². The van der Waals surface area contributed by atoms with Crippen molar-refractivity contribution in [1.82, 2.24) is 15.0 Å². The minimum atomic E-state index is 0.561. The van der Waals surface area contributed by atoms with Crippen molar-refractivity contribution in [3.8, 4) is 33.9 Å². The van der Waals surface area contributed by atoms with Crippen LogP contribution >= 0.6 is 11.3 Å². The van der Waals surface area contributed by atoms with Gasteiger partial charge in [-0.2, -0.15) is 9.97 Å². The molecule has 0 bridgehead atoms. The molecule has 1 aliphatic rings. The van der Waals surface area contributed by atoms with E-state index in [1.54, 1.807) is 11.3 Å². The van der Waals surface area contributed by atoms with E-state index < -0.39 is 0 Å². The maximum absolute atomic E-state index is 6.35. The summed E-state index contributed by atoms with van der Waals surface area (Å²) < 4.78 is 8.74. The van der Waals surface area contributed by atoms with Crippen molar-refractivity contribution in [2.45, 2.75) is 0 Å². The zero-order valence-electron chi connectivity index (χ0n) is 28.1. The Morgan fingerprint density at radius 3 is 2.13 bits per heavy atom. The van der Waals surface area contributed by atoms with Crippen LogP contribution in [0.25, 0.3) is 97.6 Å². The predicted octanol–water partition coefficient (Wildman–Crippen LogP) is 13.2. The molecule has 5 nitrogen and oxygen atoms in total. The highest BCUT2D eigenvalue weighted by Crippen LogP contribution is 2.52. The SMILES string of the molecule is c1ccc2c3c(ccc2c1)N(c1nc(-c2ccc4c(c2)oc2ccccc24)nc(-c2cccc4c2sc2ccccc24)n1)c1cccc2cccc-3c12. The third-order valence-corrected chi connectivity index (χ3v) is 11.9. The Labute approximate surface area is 307 Å². The second kappa shape index (κ2) is 10.8. The van der Waals surface area contributed by atoms with Crippen molar-refractivity contribution in [2.75, 3.05) is 4.90 Å². The first-order chi connectivity index (χ1) is 26.3. The molecule has 0 spiro atoms. The number of fused-ring (bicyclic) bond motifs is 10. The Bertz CT molecular complexity index is 3320. The number of aromatic nitrogens is 3. The molecule has 6 heteroatoms. The van der Waals surface area contributed by atoms with Crippen molar-refractivity contribution in [3.63, 3.8) is 0 Å². The van der Waals surface area contributed by atoms with Gasteiger partial charge in [0.15, 0.2) is 11.6 Å². The second-order valence-electron chi connectivity index (χ2n) is 13.6. The van der Waals surface area contributed by atoms with Gasteiger partial charge >= 0.3 is 0 Å². The van der Waals surface area contributed by atoms with Crippen LogP contribution in [-0.2, 0) is 0 Å². The monoisotopic (exact) mass is 694 g/mol. The van der Waals surface area contributed by atoms with E-state index in [-0.39, 0.29) is 0 Å². The quantitative estimate of drug-likeness (QED) is 0.184. The fourth-order valence-electron chi connectivity index (χ4n) is 8.29. The van der Waals surface area contributed by atoms with Crippen LogP contribution in [0, 0.1) is 0 Å². The van der Waals surface area contributed by atoms with Crippen LogP contribution in [0.4, 0.5) is 17.3 Å². The van der Waals surface area contributed by atoms with Gasteiger partial charge in [0.25, 0.3) is 0 Å². The molecule has 0 atom stereocenters. The summed E-state index contributed by atoms with van der Waals surface area (Å²) in [7, 11) is 0. The van der Waals surface area contributed by atoms with E-state index in [1.807, 2.05) is 18.2 Å². The second-order valence-corrected chi connectivity index (χ2v) is 14.6. The molecule has 0 saturated carbocycles. The van der Waals surface area contributed by atoms with Crippen LogP contribution in [0.3, 0.4) is 0 Å². The van der Waals surface area contributed by atoms with Crippen LogP contribution in [0.2, 0.25) is 0 Å². The summed E-state index contributed by atoms with van der Waals surface area (Å²) in [4.78, 5) is 18.2. The van der Waals surface area contributed by atoms with E-state index in [0.29, 0.717) is 17.6 Å². The van der Waals surface area contributed by atoms with Gasteiger partial charge in [-0.05, 0) is 64.2 Å². The standard InChI is InChI=1S/C47H26N4OS/c1-2-13-30-27(10-1)23-25-38-43(30)35-17-7-11-28-12-8-19-37(42(28)35)51(38)47-49-45(29-22-24-32-31-14-3-5-20-39(31)52-40(32)26-29)48-46(50-47)36-18-9-16-34-33-15-4-6-21-41(33)53-44(34)36/h1-26H. The molecule has 53 heavy (non-hydrogen) atoms. The molecule has 11 aromatic rings. The lowest BCUT2D eigenvalue weighted by Crippen LogP contribution is -2.19. The predicted molar refractivity (Wildman–Crippen MR) is 220 cm³/mol. The van der Waals surface area contributed by atoms with E-state index in [2.05, 4.69) is 144 Å². The molecule has 8 aromatic carbocycles. The number of hydrogen-bond donors (Lipinski definition) is 0. The highest BCUT2D eigenvalue weighted by Gasteiger charge is 2.30. The average Bonchev–Trinajstić information content (AvgIpc) is 3.79. The fraction of sp³-hybridized carbons (Fsp3) is 0. The lowest BCUT2D eigenvalue weighted by atomic mass is 9.88. The van der Waals surface area contributed by atoms with Gasteiger partial charge in [0.1, 0.15) is 11.2 Å². The van der Waals surface area contributed by atoms with E-state index in [0.717, 1.165) is 49.1 Å². The molecule has 3 aromatic heterocycles. The summed E-state index contributed by atoms with van der Waals surface area (Å²) in [6.45, 7) is 0. The van der Waals surface area contributed by atoms with Crippen molar-refractivity contribution < 1.29 is 4.42 Å². The number of rotatable bonds is 3. The zero-order chi connectivity index (χ0) is 34.6. The minimum absolute atomic E-state index is 0.561. The van der Waals surface area contributed by atoms with E-state index in [4.69, 9.17) is 19.4 Å². The smallest absolute Gasteiger partial charge is 0.238 e. The van der Waals surface area contributed by atoms with Gasteiger partial charge in [-0.15, -0.1) is 11.3 Å². The molecule has 0 amide bonds. The zero-order valence-corrected chi connectivity index (χ0v) is 28.9. The summed E-state index contributed by atoms with van der Waals surface area (Å²) in [5.74, 6) is 1.77. The number of furan rings is 1. The summed E-state index contributed by atoms with van der Waals surface area (Å²) in [5, 5.41) is 9.32. The van der Waals surface area contributed by atoms with Gasteiger partial charge < -0.3 is 4.42 Å². The first-order valence-corrected chi connectivity index (χ1v) is 18.5. The Kier molecular flexibility index (Phi) is 5.87. The molecule has 1 aliphatic heterocycles. The van der Waals surface area contributed by atoms with Crippen molar-refractivity contribution in [2.24, 2.45) is 0 Å². The van der Waals surface area contributed by atoms with Crippen molar-refractivity contribution in [3.05, 3.63) is 158 Å².